The van der Waals surface area contributed by atoms with Gasteiger partial charge in [0.25, 0.3) is 11.8 Å². The molecule has 2 N–H and O–H groups in total. The highest BCUT2D eigenvalue weighted by atomic mass is 16.3. The van der Waals surface area contributed by atoms with Gasteiger partial charge in [0.2, 0.25) is 0 Å². The molecule has 0 radical (unpaired) electrons. The van der Waals surface area contributed by atoms with Gasteiger partial charge in [-0.15, -0.1) is 0 Å². The van der Waals surface area contributed by atoms with E-state index in [0.29, 0.717) is 48.2 Å². The average molecular weight is 667 g/mol. The maximum absolute atomic E-state index is 14.4. The van der Waals surface area contributed by atoms with Crippen molar-refractivity contribution >= 4 is 23.2 Å². The van der Waals surface area contributed by atoms with Crippen LogP contribution in [0.1, 0.15) is 101 Å². The van der Waals surface area contributed by atoms with E-state index in [9.17, 15) is 14.7 Å². The van der Waals surface area contributed by atoms with Crippen molar-refractivity contribution in [2.45, 2.75) is 107 Å². The van der Waals surface area contributed by atoms with E-state index in [-0.39, 0.29) is 31.1 Å². The summed E-state index contributed by atoms with van der Waals surface area (Å²) in [7, 11) is 3.86. The van der Waals surface area contributed by atoms with Crippen LogP contribution in [0.5, 0.6) is 0 Å². The molecule has 0 saturated heterocycles. The number of amides is 2. The number of benzene rings is 1. The number of aliphatic hydroxyl groups is 2. The largest absolute Gasteiger partial charge is 0.395 e. The van der Waals surface area contributed by atoms with Crippen LogP contribution in [0.4, 0.5) is 5.69 Å². The molecule has 1 unspecified atom stereocenters. The summed E-state index contributed by atoms with van der Waals surface area (Å²) in [4.78, 5) is 36.3. The lowest BCUT2D eigenvalue weighted by atomic mass is 9.90. The van der Waals surface area contributed by atoms with Crippen LogP contribution < -0.4 is 4.90 Å². The molecular weight excluding hydrogens is 600 g/mol. The van der Waals surface area contributed by atoms with Crippen molar-refractivity contribution < 1.29 is 19.8 Å². The predicted molar refractivity (Wildman–Crippen MR) is 202 cm³/mol. The molecule has 0 fully saturated rings. The van der Waals surface area contributed by atoms with Crippen molar-refractivity contribution in [3.8, 4) is 0 Å². The Morgan fingerprint density at radius 2 is 1.42 bits per heavy atom. The SMILES string of the molecule is C/C=C/N(C)CCO.C/C=C\CC1=C2C(=O)N(C(C)(C)CC(C)C)C(c3ccc(N(C)CCO)cc3)=C2C(=O)N1C(C)CC(C)C.CC. The lowest BCUT2D eigenvalue weighted by Gasteiger charge is -2.39. The summed E-state index contributed by atoms with van der Waals surface area (Å²) in [5.74, 6) is 0.670. The van der Waals surface area contributed by atoms with Crippen LogP contribution >= 0.6 is 0 Å². The fourth-order valence-electron chi connectivity index (χ4n) is 6.65. The maximum Gasteiger partial charge on any atom is 0.261 e. The highest BCUT2D eigenvalue weighted by Gasteiger charge is 2.52. The van der Waals surface area contributed by atoms with E-state index < -0.39 is 5.54 Å². The van der Waals surface area contributed by atoms with Crippen LogP contribution in [-0.2, 0) is 9.59 Å². The van der Waals surface area contributed by atoms with E-state index in [1.807, 2.05) is 110 Å². The molecule has 1 atom stereocenters. The van der Waals surface area contributed by atoms with Crippen molar-refractivity contribution in [2.24, 2.45) is 11.8 Å². The molecule has 2 amide bonds. The van der Waals surface area contributed by atoms with E-state index in [2.05, 4.69) is 48.5 Å². The van der Waals surface area contributed by atoms with Gasteiger partial charge in [-0.2, -0.15) is 0 Å². The normalized spacial score (nSPS) is 15.5. The van der Waals surface area contributed by atoms with E-state index in [1.165, 1.54) is 0 Å². The lowest BCUT2D eigenvalue weighted by Crippen LogP contribution is -2.46. The summed E-state index contributed by atoms with van der Waals surface area (Å²) >= 11 is 0. The number of hydrogen-bond donors (Lipinski definition) is 2. The number of fused-ring (bicyclic) bond motifs is 1. The van der Waals surface area contributed by atoms with Gasteiger partial charge in [-0.25, -0.2) is 0 Å². The zero-order chi connectivity index (χ0) is 36.8. The Morgan fingerprint density at radius 1 is 0.833 bits per heavy atom. The van der Waals surface area contributed by atoms with E-state index in [1.54, 1.807) is 0 Å². The first kappa shape index (κ1) is 42.7. The molecule has 0 spiro atoms. The van der Waals surface area contributed by atoms with Crippen LogP contribution in [0.15, 0.2) is 65.5 Å². The first-order chi connectivity index (χ1) is 22.7. The van der Waals surface area contributed by atoms with Gasteiger partial charge in [0.1, 0.15) is 0 Å². The molecule has 0 bridgehead atoms. The summed E-state index contributed by atoms with van der Waals surface area (Å²) in [5, 5.41) is 17.7. The van der Waals surface area contributed by atoms with Crippen molar-refractivity contribution in [1.82, 2.24) is 14.7 Å². The zero-order valence-corrected chi connectivity index (χ0v) is 32.3. The molecule has 2 aliphatic rings. The van der Waals surface area contributed by atoms with Gasteiger partial charge >= 0.3 is 0 Å². The quantitative estimate of drug-likeness (QED) is 0.189. The molecule has 2 aliphatic heterocycles. The Hall–Kier alpha value is -3.36. The summed E-state index contributed by atoms with van der Waals surface area (Å²) in [6.07, 6.45) is 10.1. The fraction of sp³-hybridized carbons (Fsp3) is 0.600. The standard InChI is InChI=1S/C32H47N3O3.C6H13NO.C2H6/c1-10-11-12-26-27-28(30(37)34(26)23(6)19-21(2)3)29(35(31(27)38)32(7,8)20-22(4)5)24-13-15-25(16-14-24)33(9)17-18-36;1-3-4-7(2)5-6-8;1-2/h10-11,13-16,21-23,36H,12,17-20H2,1-9H3;3-4,8H,5-6H2,1-2H3;1-2H3/b11-10-;4-3+;. The maximum atomic E-state index is 14.4. The molecule has 8 heteroatoms. The summed E-state index contributed by atoms with van der Waals surface area (Å²) in [6, 6.07) is 7.99. The molecule has 2 heterocycles. The molecule has 0 aromatic heterocycles. The van der Waals surface area contributed by atoms with Crippen LogP contribution in [0.25, 0.3) is 5.70 Å². The Bertz CT molecular complexity index is 1290. The highest BCUT2D eigenvalue weighted by molar-refractivity contribution is 6.25. The summed E-state index contributed by atoms with van der Waals surface area (Å²) < 4.78 is 0. The number of carbonyl (C=O) groups excluding carboxylic acids is 2. The zero-order valence-electron chi connectivity index (χ0n) is 32.3. The third kappa shape index (κ3) is 10.8. The summed E-state index contributed by atoms with van der Waals surface area (Å²) in [6.45, 7) is 24.4. The second-order valence-electron chi connectivity index (χ2n) is 13.9. The number of anilines is 1. The number of aliphatic hydroxyl groups excluding tert-OH is 2. The Kier molecular flexibility index (Phi) is 18.0. The number of hydrogen-bond acceptors (Lipinski definition) is 6. The first-order valence-corrected chi connectivity index (χ1v) is 17.8. The van der Waals surface area contributed by atoms with Crippen molar-refractivity contribution in [1.29, 1.82) is 0 Å². The van der Waals surface area contributed by atoms with Gasteiger partial charge in [0, 0.05) is 56.6 Å². The van der Waals surface area contributed by atoms with Gasteiger partial charge in [0.05, 0.1) is 30.1 Å². The number of likely N-dealkylation sites (N-methyl/N-ethyl adjacent to an activating group) is 2. The third-order valence-corrected chi connectivity index (χ3v) is 8.33. The number of nitrogens with zero attached hydrogens (tertiary/aromatic N) is 4. The van der Waals surface area contributed by atoms with Crippen molar-refractivity contribution in [2.75, 3.05) is 45.3 Å². The summed E-state index contributed by atoms with van der Waals surface area (Å²) in [5.41, 5.74) is 4.00. The number of allylic oxidation sites excluding steroid dienone is 3. The van der Waals surface area contributed by atoms with Gasteiger partial charge in [-0.1, -0.05) is 71.9 Å². The van der Waals surface area contributed by atoms with Gasteiger partial charge in [-0.3, -0.25) is 9.59 Å². The van der Waals surface area contributed by atoms with Crippen LogP contribution in [-0.4, -0.2) is 88.7 Å². The lowest BCUT2D eigenvalue weighted by molar-refractivity contribution is -0.127. The smallest absolute Gasteiger partial charge is 0.261 e. The Labute approximate surface area is 292 Å². The fourth-order valence-corrected chi connectivity index (χ4v) is 6.65. The van der Waals surface area contributed by atoms with Gasteiger partial charge < -0.3 is 29.8 Å². The Balaban J connectivity index is 0.00000101. The van der Waals surface area contributed by atoms with Crippen LogP contribution in [0.2, 0.25) is 0 Å². The third-order valence-electron chi connectivity index (χ3n) is 8.33. The number of rotatable bonds is 15. The second-order valence-corrected chi connectivity index (χ2v) is 13.9. The topological polar surface area (TPSA) is 87.6 Å². The van der Waals surface area contributed by atoms with Crippen LogP contribution in [0.3, 0.4) is 0 Å². The molecular formula is C40H66N4O4. The predicted octanol–water partition coefficient (Wildman–Crippen LogP) is 7.46. The monoisotopic (exact) mass is 667 g/mol. The molecule has 0 aliphatic carbocycles. The van der Waals surface area contributed by atoms with Gasteiger partial charge in [-0.05, 0) is 83.2 Å². The van der Waals surface area contributed by atoms with Gasteiger partial charge in [0.15, 0.2) is 0 Å². The minimum atomic E-state index is -0.475. The molecule has 0 saturated carbocycles. The molecule has 3 rings (SSSR count). The molecule has 1 aromatic rings. The van der Waals surface area contributed by atoms with E-state index in [4.69, 9.17) is 5.11 Å². The molecule has 8 nitrogen and oxygen atoms in total. The van der Waals surface area contributed by atoms with Crippen molar-refractivity contribution in [3.63, 3.8) is 0 Å². The first-order valence-electron chi connectivity index (χ1n) is 17.8. The van der Waals surface area contributed by atoms with E-state index >= 15 is 0 Å². The van der Waals surface area contributed by atoms with Crippen molar-refractivity contribution in [3.05, 3.63) is 71.1 Å². The highest BCUT2D eigenvalue weighted by Crippen LogP contribution is 2.49. The molecule has 48 heavy (non-hydrogen) atoms. The molecule has 1 aromatic carbocycles. The number of carbonyl (C=O) groups is 2. The second kappa shape index (κ2) is 20.2. The minimum absolute atomic E-state index is 0.00552. The minimum Gasteiger partial charge on any atom is -0.395 e. The molecule has 270 valence electrons. The Morgan fingerprint density at radius 3 is 1.90 bits per heavy atom. The van der Waals surface area contributed by atoms with Crippen LogP contribution in [0, 0.1) is 11.8 Å². The van der Waals surface area contributed by atoms with E-state index in [0.717, 1.165) is 29.8 Å². The average Bonchev–Trinajstić information content (AvgIpc) is 3.48.